The molecule has 0 atom stereocenters. The molecule has 0 aliphatic rings. The van der Waals surface area contributed by atoms with Gasteiger partial charge in [0.1, 0.15) is 11.5 Å². The maximum absolute atomic E-state index is 12.2. The zero-order valence-corrected chi connectivity index (χ0v) is 15.7. The van der Waals surface area contributed by atoms with E-state index in [1.165, 1.54) is 19.5 Å². The highest BCUT2D eigenvalue weighted by atomic mass is 35.5. The molecular formula is C20H17ClN4O3. The van der Waals surface area contributed by atoms with E-state index >= 15 is 0 Å². The standard InChI is InChI=1S/C20H17ClN4O3/c1-28-20(27)14-7-8-15(21)16(9-14)25-18-12-22-17(11-23-18)19(26)24-10-13-5-3-2-4-6-13/h2-9,11-12H,10H2,1H3,(H,23,25)(H,24,26). The summed E-state index contributed by atoms with van der Waals surface area (Å²) >= 11 is 6.15. The molecule has 0 aliphatic heterocycles. The Morgan fingerprint density at radius 1 is 1.07 bits per heavy atom. The van der Waals surface area contributed by atoms with Gasteiger partial charge in [-0.05, 0) is 23.8 Å². The molecule has 3 aromatic rings. The number of carbonyl (C=O) groups excluding carboxylic acids is 2. The first-order valence-electron chi connectivity index (χ1n) is 8.36. The van der Waals surface area contributed by atoms with Gasteiger partial charge in [0, 0.05) is 6.54 Å². The van der Waals surface area contributed by atoms with Crippen molar-refractivity contribution >= 4 is 35.0 Å². The minimum absolute atomic E-state index is 0.191. The molecule has 2 aromatic carbocycles. The lowest BCUT2D eigenvalue weighted by atomic mass is 10.2. The van der Waals surface area contributed by atoms with Gasteiger partial charge in [-0.15, -0.1) is 0 Å². The van der Waals surface area contributed by atoms with Crippen molar-refractivity contribution in [2.24, 2.45) is 0 Å². The van der Waals surface area contributed by atoms with Crippen LogP contribution in [0, 0.1) is 0 Å². The van der Waals surface area contributed by atoms with E-state index in [1.807, 2.05) is 30.3 Å². The Labute approximate surface area is 166 Å². The highest BCUT2D eigenvalue weighted by Crippen LogP contribution is 2.26. The normalized spacial score (nSPS) is 10.2. The maximum Gasteiger partial charge on any atom is 0.337 e. The van der Waals surface area contributed by atoms with Crippen molar-refractivity contribution in [1.82, 2.24) is 15.3 Å². The molecule has 0 spiro atoms. The fourth-order valence-corrected chi connectivity index (χ4v) is 2.55. The summed E-state index contributed by atoms with van der Waals surface area (Å²) in [5.41, 5.74) is 2.00. The molecule has 0 saturated heterocycles. The molecule has 1 aromatic heterocycles. The van der Waals surface area contributed by atoms with Gasteiger partial charge in [-0.3, -0.25) is 4.79 Å². The first-order chi connectivity index (χ1) is 13.6. The molecule has 0 aliphatic carbocycles. The van der Waals surface area contributed by atoms with Crippen molar-refractivity contribution in [1.29, 1.82) is 0 Å². The molecule has 1 heterocycles. The van der Waals surface area contributed by atoms with E-state index in [-0.39, 0.29) is 11.6 Å². The van der Waals surface area contributed by atoms with Crippen LogP contribution in [0.4, 0.5) is 11.5 Å². The first-order valence-corrected chi connectivity index (χ1v) is 8.73. The van der Waals surface area contributed by atoms with Crippen molar-refractivity contribution in [2.45, 2.75) is 6.54 Å². The number of halogens is 1. The van der Waals surface area contributed by atoms with Gasteiger partial charge in [-0.25, -0.2) is 14.8 Å². The van der Waals surface area contributed by atoms with Crippen LogP contribution < -0.4 is 10.6 Å². The highest BCUT2D eigenvalue weighted by Gasteiger charge is 2.11. The van der Waals surface area contributed by atoms with Gasteiger partial charge in [0.15, 0.2) is 0 Å². The topological polar surface area (TPSA) is 93.2 Å². The van der Waals surface area contributed by atoms with Gasteiger partial charge in [-0.1, -0.05) is 41.9 Å². The van der Waals surface area contributed by atoms with Crippen LogP contribution in [0.3, 0.4) is 0 Å². The average Bonchev–Trinajstić information content (AvgIpc) is 2.74. The first kappa shape index (κ1) is 19.3. The monoisotopic (exact) mass is 396 g/mol. The molecule has 0 fully saturated rings. The molecule has 0 unspecified atom stereocenters. The molecule has 8 heteroatoms. The summed E-state index contributed by atoms with van der Waals surface area (Å²) in [6.07, 6.45) is 2.78. The Kier molecular flexibility index (Phi) is 6.18. The molecule has 7 nitrogen and oxygen atoms in total. The quantitative estimate of drug-likeness (QED) is 0.618. The number of esters is 1. The highest BCUT2D eigenvalue weighted by molar-refractivity contribution is 6.33. The summed E-state index contributed by atoms with van der Waals surface area (Å²) in [5, 5.41) is 6.16. The number of carbonyl (C=O) groups is 2. The summed E-state index contributed by atoms with van der Waals surface area (Å²) < 4.78 is 4.70. The van der Waals surface area contributed by atoms with Gasteiger partial charge >= 0.3 is 5.97 Å². The van der Waals surface area contributed by atoms with E-state index < -0.39 is 5.97 Å². The molecule has 2 N–H and O–H groups in total. The second-order valence-corrected chi connectivity index (χ2v) is 6.17. The van der Waals surface area contributed by atoms with Crippen LogP contribution in [0.2, 0.25) is 5.02 Å². The van der Waals surface area contributed by atoms with Crippen LogP contribution in [0.15, 0.2) is 60.9 Å². The van der Waals surface area contributed by atoms with Crippen molar-refractivity contribution in [3.05, 3.63) is 82.8 Å². The van der Waals surface area contributed by atoms with Crippen LogP contribution in [0.25, 0.3) is 0 Å². The lowest BCUT2D eigenvalue weighted by Crippen LogP contribution is -2.24. The van der Waals surface area contributed by atoms with Crippen LogP contribution in [-0.4, -0.2) is 29.0 Å². The third-order valence-electron chi connectivity index (χ3n) is 3.83. The van der Waals surface area contributed by atoms with Crippen LogP contribution in [0.1, 0.15) is 26.4 Å². The van der Waals surface area contributed by atoms with E-state index in [4.69, 9.17) is 16.3 Å². The average molecular weight is 397 g/mol. The molecule has 1 amide bonds. The van der Waals surface area contributed by atoms with Crippen molar-refractivity contribution in [3.63, 3.8) is 0 Å². The molecule has 3 rings (SSSR count). The van der Waals surface area contributed by atoms with E-state index in [0.717, 1.165) is 5.56 Å². The second kappa shape index (κ2) is 8.96. The van der Waals surface area contributed by atoms with Crippen molar-refractivity contribution < 1.29 is 14.3 Å². The molecule has 28 heavy (non-hydrogen) atoms. The summed E-state index contributed by atoms with van der Waals surface area (Å²) in [6.45, 7) is 0.400. The molecule has 0 bridgehead atoms. The van der Waals surface area contributed by atoms with Crippen LogP contribution in [0.5, 0.6) is 0 Å². The number of hydrogen-bond donors (Lipinski definition) is 2. The van der Waals surface area contributed by atoms with Gasteiger partial charge in [0.05, 0.1) is 35.8 Å². The summed E-state index contributed by atoms with van der Waals surface area (Å²) in [6, 6.07) is 14.3. The number of benzene rings is 2. The number of methoxy groups -OCH3 is 1. The molecule has 142 valence electrons. The van der Waals surface area contributed by atoms with Gasteiger partial charge in [0.2, 0.25) is 0 Å². The van der Waals surface area contributed by atoms with E-state index in [0.29, 0.717) is 28.6 Å². The Morgan fingerprint density at radius 2 is 1.86 bits per heavy atom. The smallest absolute Gasteiger partial charge is 0.337 e. The predicted octanol–water partition coefficient (Wildman–Crippen LogP) is 3.59. The third-order valence-corrected chi connectivity index (χ3v) is 4.16. The Morgan fingerprint density at radius 3 is 2.54 bits per heavy atom. The number of aromatic nitrogens is 2. The van der Waals surface area contributed by atoms with Gasteiger partial charge < -0.3 is 15.4 Å². The van der Waals surface area contributed by atoms with E-state index in [2.05, 4.69) is 20.6 Å². The second-order valence-electron chi connectivity index (χ2n) is 5.77. The number of nitrogens with zero attached hydrogens (tertiary/aromatic N) is 2. The number of anilines is 2. The Balaban J connectivity index is 1.66. The number of amides is 1. The van der Waals surface area contributed by atoms with Crippen LogP contribution >= 0.6 is 11.6 Å². The fourth-order valence-electron chi connectivity index (χ4n) is 2.38. The zero-order valence-electron chi connectivity index (χ0n) is 15.0. The molecular weight excluding hydrogens is 380 g/mol. The van der Waals surface area contributed by atoms with Gasteiger partial charge in [0.25, 0.3) is 5.91 Å². The summed E-state index contributed by atoms with van der Waals surface area (Å²) in [4.78, 5) is 32.1. The van der Waals surface area contributed by atoms with Crippen molar-refractivity contribution in [2.75, 3.05) is 12.4 Å². The summed E-state index contributed by atoms with van der Waals surface area (Å²) in [7, 11) is 1.30. The predicted molar refractivity (Wildman–Crippen MR) is 106 cm³/mol. The van der Waals surface area contributed by atoms with Crippen molar-refractivity contribution in [3.8, 4) is 0 Å². The maximum atomic E-state index is 12.2. The number of hydrogen-bond acceptors (Lipinski definition) is 6. The molecule has 0 radical (unpaired) electrons. The minimum Gasteiger partial charge on any atom is -0.465 e. The minimum atomic E-state index is -0.476. The Bertz CT molecular complexity index is 979. The number of rotatable bonds is 6. The Hall–Kier alpha value is -3.45. The third kappa shape index (κ3) is 4.83. The van der Waals surface area contributed by atoms with E-state index in [1.54, 1.807) is 18.2 Å². The number of nitrogens with one attached hydrogen (secondary N) is 2. The fraction of sp³-hybridized carbons (Fsp3) is 0.100. The molecule has 0 saturated carbocycles. The van der Waals surface area contributed by atoms with Gasteiger partial charge in [-0.2, -0.15) is 0 Å². The van der Waals surface area contributed by atoms with Crippen LogP contribution in [-0.2, 0) is 11.3 Å². The lowest BCUT2D eigenvalue weighted by Gasteiger charge is -2.09. The number of ether oxygens (including phenoxy) is 1. The largest absolute Gasteiger partial charge is 0.465 e. The van der Waals surface area contributed by atoms with E-state index in [9.17, 15) is 9.59 Å². The zero-order chi connectivity index (χ0) is 19.9. The lowest BCUT2D eigenvalue weighted by molar-refractivity contribution is 0.0600. The SMILES string of the molecule is COC(=O)c1ccc(Cl)c(Nc2cnc(C(=O)NCc3ccccc3)cn2)c1. The summed E-state index contributed by atoms with van der Waals surface area (Å²) in [5.74, 6) is -0.423.